The molecule has 1 aromatic carbocycles. The Morgan fingerprint density at radius 2 is 1.83 bits per heavy atom. The zero-order valence-corrected chi connectivity index (χ0v) is 13.9. The van der Waals surface area contributed by atoms with E-state index in [4.69, 9.17) is 11.6 Å². The van der Waals surface area contributed by atoms with Crippen molar-refractivity contribution < 1.29 is 4.79 Å². The summed E-state index contributed by atoms with van der Waals surface area (Å²) in [6, 6.07) is 13.0. The molecule has 0 saturated heterocycles. The molecule has 0 bridgehead atoms. The Morgan fingerprint density at radius 1 is 1.17 bits per heavy atom. The molecule has 0 unspecified atom stereocenters. The van der Waals surface area contributed by atoms with Crippen molar-refractivity contribution in [3.05, 3.63) is 54.2 Å². The van der Waals surface area contributed by atoms with Gasteiger partial charge in [0.05, 0.1) is 18.3 Å². The summed E-state index contributed by atoms with van der Waals surface area (Å²) in [5.74, 6) is 5.63. The summed E-state index contributed by atoms with van der Waals surface area (Å²) >= 11 is 0. The molecular weight excluding hydrogens is 288 g/mol. The van der Waals surface area contributed by atoms with Gasteiger partial charge in [-0.05, 0) is 23.1 Å². The van der Waals surface area contributed by atoms with E-state index in [1.54, 1.807) is 6.20 Å². The molecule has 23 heavy (non-hydrogen) atoms. The summed E-state index contributed by atoms with van der Waals surface area (Å²) in [6.07, 6.45) is 1.76. The second kappa shape index (κ2) is 6.89. The van der Waals surface area contributed by atoms with Crippen LogP contribution in [0.5, 0.6) is 0 Å². The van der Waals surface area contributed by atoms with E-state index in [1.165, 1.54) is 5.01 Å². The van der Waals surface area contributed by atoms with Gasteiger partial charge < -0.3 is 5.73 Å². The number of pyridine rings is 1. The summed E-state index contributed by atoms with van der Waals surface area (Å²) < 4.78 is 0. The Bertz CT molecular complexity index is 647. The highest BCUT2D eigenvalue weighted by atomic mass is 16.2. The van der Waals surface area contributed by atoms with E-state index in [-0.39, 0.29) is 11.3 Å². The lowest BCUT2D eigenvalue weighted by atomic mass is 9.87. The van der Waals surface area contributed by atoms with E-state index < -0.39 is 6.04 Å². The van der Waals surface area contributed by atoms with Gasteiger partial charge in [-0.3, -0.25) is 14.8 Å². The molecule has 0 aliphatic carbocycles. The van der Waals surface area contributed by atoms with E-state index in [0.29, 0.717) is 6.54 Å². The Labute approximate surface area is 137 Å². The highest BCUT2D eigenvalue weighted by Crippen LogP contribution is 2.20. The molecule has 2 aromatic rings. The second-order valence-corrected chi connectivity index (χ2v) is 6.72. The van der Waals surface area contributed by atoms with Crippen LogP contribution in [-0.2, 0) is 11.3 Å². The maximum atomic E-state index is 12.2. The molecule has 0 saturated carbocycles. The van der Waals surface area contributed by atoms with Crippen LogP contribution in [0.2, 0.25) is 0 Å². The fourth-order valence-electron chi connectivity index (χ4n) is 2.14. The SMILES string of the molecule is CC(C)(C)[C@H](N)C(=O)N(N)Cc1ccc(-c2ccccn2)cc1. The number of rotatable bonds is 4. The summed E-state index contributed by atoms with van der Waals surface area (Å²) in [7, 11) is 0. The molecule has 1 aromatic heterocycles. The molecular formula is C18H24N4O. The molecule has 122 valence electrons. The van der Waals surface area contributed by atoms with Crippen molar-refractivity contribution in [2.45, 2.75) is 33.4 Å². The number of amides is 1. The van der Waals surface area contributed by atoms with Gasteiger partial charge in [0, 0.05) is 11.8 Å². The first-order valence-electron chi connectivity index (χ1n) is 7.61. The quantitative estimate of drug-likeness (QED) is 0.515. The van der Waals surface area contributed by atoms with Crippen LogP contribution in [0.25, 0.3) is 11.3 Å². The molecule has 0 aliphatic heterocycles. The van der Waals surface area contributed by atoms with Crippen LogP contribution in [0.1, 0.15) is 26.3 Å². The molecule has 1 heterocycles. The van der Waals surface area contributed by atoms with Crippen LogP contribution in [0.4, 0.5) is 0 Å². The van der Waals surface area contributed by atoms with Gasteiger partial charge >= 0.3 is 0 Å². The maximum Gasteiger partial charge on any atom is 0.254 e. The molecule has 0 aliphatic rings. The van der Waals surface area contributed by atoms with Gasteiger partial charge in [0.2, 0.25) is 0 Å². The van der Waals surface area contributed by atoms with E-state index in [1.807, 2.05) is 63.2 Å². The van der Waals surface area contributed by atoms with Gasteiger partial charge in [-0.2, -0.15) is 0 Å². The highest BCUT2D eigenvalue weighted by molar-refractivity contribution is 5.81. The number of aromatic nitrogens is 1. The minimum atomic E-state index is -0.625. The second-order valence-electron chi connectivity index (χ2n) is 6.72. The van der Waals surface area contributed by atoms with Gasteiger partial charge in [-0.25, -0.2) is 5.84 Å². The molecule has 4 N–H and O–H groups in total. The lowest BCUT2D eigenvalue weighted by Crippen LogP contribution is -2.52. The van der Waals surface area contributed by atoms with Crippen LogP contribution >= 0.6 is 0 Å². The van der Waals surface area contributed by atoms with Gasteiger partial charge in [-0.1, -0.05) is 51.1 Å². The van der Waals surface area contributed by atoms with Crippen LogP contribution < -0.4 is 11.6 Å². The Balaban J connectivity index is 2.05. The first kappa shape index (κ1) is 17.1. The number of hydrazine groups is 1. The average Bonchev–Trinajstić information content (AvgIpc) is 2.54. The van der Waals surface area contributed by atoms with E-state index in [9.17, 15) is 4.79 Å². The van der Waals surface area contributed by atoms with Crippen molar-refractivity contribution in [1.82, 2.24) is 9.99 Å². The summed E-state index contributed by atoms with van der Waals surface area (Å²) in [5, 5.41) is 1.19. The summed E-state index contributed by atoms with van der Waals surface area (Å²) in [6.45, 7) is 6.09. The van der Waals surface area contributed by atoms with Crippen LogP contribution in [0, 0.1) is 5.41 Å². The van der Waals surface area contributed by atoms with E-state index in [0.717, 1.165) is 16.8 Å². The van der Waals surface area contributed by atoms with Crippen molar-refractivity contribution in [3.63, 3.8) is 0 Å². The normalized spacial score (nSPS) is 12.7. The van der Waals surface area contributed by atoms with Crippen molar-refractivity contribution in [2.75, 3.05) is 0 Å². The predicted octanol–water partition coefficient (Wildman–Crippen LogP) is 2.32. The molecule has 0 spiro atoms. The minimum absolute atomic E-state index is 0.258. The zero-order chi connectivity index (χ0) is 17.0. The third-order valence-corrected chi connectivity index (χ3v) is 3.75. The molecule has 1 atom stereocenters. The summed E-state index contributed by atoms with van der Waals surface area (Å²) in [4.78, 5) is 16.6. The van der Waals surface area contributed by atoms with Crippen molar-refractivity contribution >= 4 is 5.91 Å². The number of hydrogen-bond donors (Lipinski definition) is 2. The average molecular weight is 312 g/mol. The minimum Gasteiger partial charge on any atom is -0.319 e. The largest absolute Gasteiger partial charge is 0.319 e. The number of hydrogen-bond acceptors (Lipinski definition) is 4. The van der Waals surface area contributed by atoms with Gasteiger partial charge in [0.1, 0.15) is 0 Å². The van der Waals surface area contributed by atoms with Crippen molar-refractivity contribution in [1.29, 1.82) is 0 Å². The topological polar surface area (TPSA) is 85.2 Å². The number of nitrogens with two attached hydrogens (primary N) is 2. The third kappa shape index (κ3) is 4.37. The Kier molecular flexibility index (Phi) is 5.13. The van der Waals surface area contributed by atoms with Gasteiger partial charge in [-0.15, -0.1) is 0 Å². The zero-order valence-electron chi connectivity index (χ0n) is 13.9. The standard InChI is InChI=1S/C18H24N4O/c1-18(2,3)16(19)17(23)22(20)12-13-7-9-14(10-8-13)15-6-4-5-11-21-15/h4-11,16H,12,19-20H2,1-3H3/t16-/m1/s1. The molecule has 0 radical (unpaired) electrons. The van der Waals surface area contributed by atoms with E-state index >= 15 is 0 Å². The maximum absolute atomic E-state index is 12.2. The Hall–Kier alpha value is -2.24. The van der Waals surface area contributed by atoms with Crippen LogP contribution in [0.3, 0.4) is 0 Å². The number of carbonyl (C=O) groups is 1. The molecule has 2 rings (SSSR count). The fraction of sp³-hybridized carbons (Fsp3) is 0.333. The number of benzene rings is 1. The Morgan fingerprint density at radius 3 is 2.35 bits per heavy atom. The van der Waals surface area contributed by atoms with E-state index in [2.05, 4.69) is 4.98 Å². The van der Waals surface area contributed by atoms with Gasteiger partial charge in [0.25, 0.3) is 5.91 Å². The molecule has 1 amide bonds. The molecule has 5 heteroatoms. The lowest BCUT2D eigenvalue weighted by Gasteiger charge is -2.29. The lowest BCUT2D eigenvalue weighted by molar-refractivity contribution is -0.135. The molecule has 0 fully saturated rings. The number of nitrogens with zero attached hydrogens (tertiary/aromatic N) is 2. The monoisotopic (exact) mass is 312 g/mol. The summed E-state index contributed by atoms with van der Waals surface area (Å²) in [5.41, 5.74) is 8.53. The van der Waals surface area contributed by atoms with Crippen LogP contribution in [-0.4, -0.2) is 21.9 Å². The van der Waals surface area contributed by atoms with Crippen molar-refractivity contribution in [3.8, 4) is 11.3 Å². The first-order chi connectivity index (χ1) is 10.8. The van der Waals surface area contributed by atoms with Gasteiger partial charge in [0.15, 0.2) is 0 Å². The fourth-order valence-corrected chi connectivity index (χ4v) is 2.14. The smallest absolute Gasteiger partial charge is 0.254 e. The predicted molar refractivity (Wildman–Crippen MR) is 91.8 cm³/mol. The van der Waals surface area contributed by atoms with Crippen molar-refractivity contribution in [2.24, 2.45) is 17.0 Å². The van der Waals surface area contributed by atoms with Crippen LogP contribution in [0.15, 0.2) is 48.7 Å². The number of carbonyl (C=O) groups excluding carboxylic acids is 1. The highest BCUT2D eigenvalue weighted by Gasteiger charge is 2.30. The first-order valence-corrected chi connectivity index (χ1v) is 7.61. The molecule has 5 nitrogen and oxygen atoms in total. The third-order valence-electron chi connectivity index (χ3n) is 3.75.